The Morgan fingerprint density at radius 1 is 1.00 bits per heavy atom. The molecule has 0 unspecified atom stereocenters. The molecule has 2 rings (SSSR count). The van der Waals surface area contributed by atoms with E-state index in [2.05, 4.69) is 10.0 Å². The molecule has 0 saturated heterocycles. The number of nitrogens with one attached hydrogen (secondary N) is 2. The van der Waals surface area contributed by atoms with Crippen LogP contribution in [-0.2, 0) is 14.8 Å². The maximum atomic E-state index is 12.0. The number of rotatable bonds is 7. The normalized spacial score (nSPS) is 12.6. The topological polar surface area (TPSA) is 75.3 Å². The molecule has 6 heteroatoms. The van der Waals surface area contributed by atoms with E-state index < -0.39 is 10.0 Å². The summed E-state index contributed by atoms with van der Waals surface area (Å²) in [6.07, 6.45) is 0.0865. The van der Waals surface area contributed by atoms with Crippen molar-refractivity contribution in [2.75, 3.05) is 6.54 Å². The van der Waals surface area contributed by atoms with Gasteiger partial charge in [0.1, 0.15) is 0 Å². The zero-order valence-electron chi connectivity index (χ0n) is 12.9. The Kier molecular flexibility index (Phi) is 5.90. The largest absolute Gasteiger partial charge is 0.350 e. The van der Waals surface area contributed by atoms with Gasteiger partial charge in [0.2, 0.25) is 15.9 Å². The van der Waals surface area contributed by atoms with Gasteiger partial charge in [0.05, 0.1) is 10.9 Å². The van der Waals surface area contributed by atoms with Crippen molar-refractivity contribution in [3.05, 3.63) is 66.2 Å². The summed E-state index contributed by atoms with van der Waals surface area (Å²) in [5.41, 5.74) is 1.01. The van der Waals surface area contributed by atoms with Crippen LogP contribution in [0.15, 0.2) is 65.6 Å². The third-order valence-electron chi connectivity index (χ3n) is 3.37. The third-order valence-corrected chi connectivity index (χ3v) is 4.85. The molecular formula is C17H20N2O3S. The third kappa shape index (κ3) is 5.19. The van der Waals surface area contributed by atoms with Crippen molar-refractivity contribution in [2.24, 2.45) is 0 Å². The van der Waals surface area contributed by atoms with E-state index in [9.17, 15) is 13.2 Å². The Balaban J connectivity index is 1.81. The van der Waals surface area contributed by atoms with Gasteiger partial charge < -0.3 is 5.32 Å². The van der Waals surface area contributed by atoms with Crippen molar-refractivity contribution < 1.29 is 13.2 Å². The number of sulfonamides is 1. The zero-order valence-corrected chi connectivity index (χ0v) is 13.7. The maximum absolute atomic E-state index is 12.0. The van der Waals surface area contributed by atoms with Crippen LogP contribution in [0.2, 0.25) is 0 Å². The molecule has 2 aromatic carbocycles. The van der Waals surface area contributed by atoms with E-state index in [0.717, 1.165) is 5.56 Å². The zero-order chi connectivity index (χ0) is 16.7. The van der Waals surface area contributed by atoms with Gasteiger partial charge in [-0.15, -0.1) is 0 Å². The van der Waals surface area contributed by atoms with Gasteiger partial charge in [-0.3, -0.25) is 4.79 Å². The average molecular weight is 332 g/mol. The second-order valence-corrected chi connectivity index (χ2v) is 6.93. The average Bonchev–Trinajstić information content (AvgIpc) is 2.56. The second kappa shape index (κ2) is 7.89. The van der Waals surface area contributed by atoms with Crippen molar-refractivity contribution in [1.29, 1.82) is 0 Å². The minimum atomic E-state index is -3.57. The van der Waals surface area contributed by atoms with Crippen LogP contribution in [0.5, 0.6) is 0 Å². The molecule has 23 heavy (non-hydrogen) atoms. The lowest BCUT2D eigenvalue weighted by molar-refractivity contribution is -0.121. The van der Waals surface area contributed by atoms with Gasteiger partial charge in [0, 0.05) is 13.0 Å². The quantitative estimate of drug-likeness (QED) is 0.816. The van der Waals surface area contributed by atoms with Crippen LogP contribution in [-0.4, -0.2) is 20.9 Å². The van der Waals surface area contributed by atoms with Crippen LogP contribution in [0, 0.1) is 0 Å². The van der Waals surface area contributed by atoms with E-state index in [1.807, 2.05) is 37.3 Å². The Labute approximate surface area is 136 Å². The predicted molar refractivity (Wildman–Crippen MR) is 89.2 cm³/mol. The lowest BCUT2D eigenvalue weighted by atomic mass is 10.1. The first-order chi connectivity index (χ1) is 11.0. The molecule has 122 valence electrons. The molecule has 0 radical (unpaired) electrons. The summed E-state index contributed by atoms with van der Waals surface area (Å²) in [5.74, 6) is -0.197. The number of hydrogen-bond acceptors (Lipinski definition) is 3. The molecule has 2 aromatic rings. The molecule has 0 aliphatic heterocycles. The van der Waals surface area contributed by atoms with Gasteiger partial charge in [-0.2, -0.15) is 0 Å². The molecule has 1 atom stereocenters. The first-order valence-electron chi connectivity index (χ1n) is 7.38. The monoisotopic (exact) mass is 332 g/mol. The summed E-state index contributed by atoms with van der Waals surface area (Å²) in [5, 5.41) is 2.85. The van der Waals surface area contributed by atoms with E-state index in [4.69, 9.17) is 0 Å². The minimum absolute atomic E-state index is 0.0601. The summed E-state index contributed by atoms with van der Waals surface area (Å²) in [7, 11) is -3.57. The number of hydrogen-bond donors (Lipinski definition) is 2. The number of amides is 1. The van der Waals surface area contributed by atoms with Crippen molar-refractivity contribution >= 4 is 15.9 Å². The molecule has 1 amide bonds. The molecule has 0 fully saturated rings. The van der Waals surface area contributed by atoms with Gasteiger partial charge in [-0.05, 0) is 24.6 Å². The number of carbonyl (C=O) groups is 1. The molecule has 0 saturated carbocycles. The van der Waals surface area contributed by atoms with Crippen LogP contribution in [0.3, 0.4) is 0 Å². The van der Waals surface area contributed by atoms with Crippen molar-refractivity contribution in [2.45, 2.75) is 24.3 Å². The van der Waals surface area contributed by atoms with Crippen LogP contribution >= 0.6 is 0 Å². The summed E-state index contributed by atoms with van der Waals surface area (Å²) < 4.78 is 26.5. The highest BCUT2D eigenvalue weighted by atomic mass is 32.2. The number of carbonyl (C=O) groups excluding carboxylic acids is 1. The van der Waals surface area contributed by atoms with Crippen molar-refractivity contribution in [1.82, 2.24) is 10.0 Å². The first-order valence-corrected chi connectivity index (χ1v) is 8.86. The van der Waals surface area contributed by atoms with E-state index in [1.165, 1.54) is 12.1 Å². The van der Waals surface area contributed by atoms with Crippen LogP contribution in [0.1, 0.15) is 24.9 Å². The molecule has 0 aliphatic carbocycles. The van der Waals surface area contributed by atoms with E-state index in [0.29, 0.717) is 0 Å². The lowest BCUT2D eigenvalue weighted by Gasteiger charge is -2.14. The molecule has 0 spiro atoms. The maximum Gasteiger partial charge on any atom is 0.240 e. The number of benzene rings is 2. The van der Waals surface area contributed by atoms with E-state index >= 15 is 0 Å². The van der Waals surface area contributed by atoms with Crippen molar-refractivity contribution in [3.63, 3.8) is 0 Å². The van der Waals surface area contributed by atoms with Gasteiger partial charge in [0.15, 0.2) is 0 Å². The highest BCUT2D eigenvalue weighted by molar-refractivity contribution is 7.89. The molecular weight excluding hydrogens is 312 g/mol. The van der Waals surface area contributed by atoms with Crippen LogP contribution in [0.4, 0.5) is 0 Å². The highest BCUT2D eigenvalue weighted by Gasteiger charge is 2.14. The fourth-order valence-corrected chi connectivity index (χ4v) is 3.17. The smallest absolute Gasteiger partial charge is 0.240 e. The van der Waals surface area contributed by atoms with Crippen LogP contribution in [0.25, 0.3) is 0 Å². The second-order valence-electron chi connectivity index (χ2n) is 5.16. The minimum Gasteiger partial charge on any atom is -0.350 e. The first kappa shape index (κ1) is 17.2. The highest BCUT2D eigenvalue weighted by Crippen LogP contribution is 2.11. The summed E-state index contributed by atoms with van der Waals surface area (Å²) >= 11 is 0. The van der Waals surface area contributed by atoms with E-state index in [1.54, 1.807) is 18.2 Å². The Bertz CT molecular complexity index is 731. The van der Waals surface area contributed by atoms with Gasteiger partial charge in [-0.1, -0.05) is 48.5 Å². The van der Waals surface area contributed by atoms with Crippen LogP contribution < -0.4 is 10.0 Å². The van der Waals surface area contributed by atoms with Gasteiger partial charge >= 0.3 is 0 Å². The molecule has 5 nitrogen and oxygen atoms in total. The Morgan fingerprint density at radius 2 is 1.57 bits per heavy atom. The standard InChI is InChI=1S/C17H20N2O3S/c1-14(15-8-4-2-5-9-15)19-17(20)12-13-18-23(21,22)16-10-6-3-7-11-16/h2-11,14,18H,12-13H2,1H3,(H,19,20)/t14-/m1/s1. The fourth-order valence-electron chi connectivity index (χ4n) is 2.12. The lowest BCUT2D eigenvalue weighted by Crippen LogP contribution is -2.32. The fraction of sp³-hybridized carbons (Fsp3) is 0.235. The summed E-state index contributed by atoms with van der Waals surface area (Å²) in [4.78, 5) is 12.1. The molecule has 2 N–H and O–H groups in total. The SMILES string of the molecule is C[C@@H](NC(=O)CCNS(=O)(=O)c1ccccc1)c1ccccc1. The Morgan fingerprint density at radius 3 is 2.17 bits per heavy atom. The van der Waals surface area contributed by atoms with E-state index in [-0.39, 0.29) is 29.8 Å². The molecule has 0 aromatic heterocycles. The van der Waals surface area contributed by atoms with Gasteiger partial charge in [-0.25, -0.2) is 13.1 Å². The molecule has 0 aliphatic rings. The predicted octanol–water partition coefficient (Wildman–Crippen LogP) is 2.23. The summed E-state index contributed by atoms with van der Waals surface area (Å²) in [6, 6.07) is 17.6. The molecule has 0 bridgehead atoms. The van der Waals surface area contributed by atoms with Crippen molar-refractivity contribution in [3.8, 4) is 0 Å². The summed E-state index contributed by atoms with van der Waals surface area (Å²) in [6.45, 7) is 1.95. The van der Waals surface area contributed by atoms with Gasteiger partial charge in [0.25, 0.3) is 0 Å². The Hall–Kier alpha value is -2.18. The molecule has 0 heterocycles.